The molecule has 1 aromatic carbocycles. The van der Waals surface area contributed by atoms with Crippen LogP contribution in [0.3, 0.4) is 0 Å². The maximum Gasteiger partial charge on any atom is 0.257 e. The average molecular weight is 258 g/mol. The van der Waals surface area contributed by atoms with Gasteiger partial charge in [0.1, 0.15) is 5.66 Å². The fourth-order valence-electron chi connectivity index (χ4n) is 3.42. The van der Waals surface area contributed by atoms with Crippen LogP contribution >= 0.6 is 0 Å². The fourth-order valence-corrected chi connectivity index (χ4v) is 3.42. The van der Waals surface area contributed by atoms with Gasteiger partial charge in [-0.3, -0.25) is 4.79 Å². The highest BCUT2D eigenvalue weighted by molar-refractivity contribution is 6.02. The van der Waals surface area contributed by atoms with Crippen molar-refractivity contribution in [2.75, 3.05) is 11.9 Å². The first-order valence-corrected chi connectivity index (χ1v) is 7.46. The number of nitrogens with one attached hydrogen (secondary N) is 1. The molecule has 2 aliphatic rings. The van der Waals surface area contributed by atoms with Crippen molar-refractivity contribution in [3.63, 3.8) is 0 Å². The van der Waals surface area contributed by atoms with Crippen molar-refractivity contribution in [2.45, 2.75) is 51.1 Å². The lowest BCUT2D eigenvalue weighted by Gasteiger charge is -2.46. The van der Waals surface area contributed by atoms with Crippen LogP contribution in [0.15, 0.2) is 24.3 Å². The second kappa shape index (κ2) is 4.87. The van der Waals surface area contributed by atoms with Gasteiger partial charge in [-0.15, -0.1) is 0 Å². The number of carbonyl (C=O) groups is 1. The Morgan fingerprint density at radius 2 is 2.00 bits per heavy atom. The molecule has 3 rings (SSSR count). The third-order valence-electron chi connectivity index (χ3n) is 4.45. The van der Waals surface area contributed by atoms with Crippen molar-refractivity contribution in [3.8, 4) is 0 Å². The predicted molar refractivity (Wildman–Crippen MR) is 77.2 cm³/mol. The predicted octanol–water partition coefficient (Wildman–Crippen LogP) is 3.62. The number of unbranched alkanes of at least 4 members (excludes halogenated alkanes) is 1. The lowest BCUT2D eigenvalue weighted by molar-refractivity contribution is 0.0512. The maximum atomic E-state index is 12.8. The van der Waals surface area contributed by atoms with Crippen molar-refractivity contribution in [3.05, 3.63) is 29.8 Å². The minimum absolute atomic E-state index is 0.111. The van der Waals surface area contributed by atoms with Crippen molar-refractivity contribution in [1.82, 2.24) is 4.90 Å². The first-order chi connectivity index (χ1) is 9.27. The van der Waals surface area contributed by atoms with Gasteiger partial charge in [-0.1, -0.05) is 25.5 Å². The van der Waals surface area contributed by atoms with Gasteiger partial charge in [-0.2, -0.15) is 0 Å². The molecule has 1 aliphatic heterocycles. The van der Waals surface area contributed by atoms with Crippen LogP contribution < -0.4 is 5.32 Å². The van der Waals surface area contributed by atoms with Crippen molar-refractivity contribution in [2.24, 2.45) is 0 Å². The molecule has 1 amide bonds. The van der Waals surface area contributed by atoms with E-state index >= 15 is 0 Å². The second-order valence-corrected chi connectivity index (χ2v) is 5.72. The number of hydrogen-bond acceptors (Lipinski definition) is 2. The van der Waals surface area contributed by atoms with Gasteiger partial charge >= 0.3 is 0 Å². The molecular weight excluding hydrogens is 236 g/mol. The third kappa shape index (κ3) is 2.01. The zero-order chi connectivity index (χ0) is 13.3. The molecular formula is C16H22N2O. The topological polar surface area (TPSA) is 32.3 Å². The summed E-state index contributed by atoms with van der Waals surface area (Å²) in [5, 5.41) is 3.67. The summed E-state index contributed by atoms with van der Waals surface area (Å²) in [5.41, 5.74) is 1.74. The van der Waals surface area contributed by atoms with Crippen LogP contribution in [0.2, 0.25) is 0 Å². The highest BCUT2D eigenvalue weighted by atomic mass is 16.2. The molecule has 3 heteroatoms. The summed E-state index contributed by atoms with van der Waals surface area (Å²) in [4.78, 5) is 14.9. The van der Waals surface area contributed by atoms with E-state index in [4.69, 9.17) is 0 Å². The molecule has 1 fully saturated rings. The molecule has 102 valence electrons. The minimum atomic E-state index is -0.111. The Labute approximate surface area is 115 Å². The molecule has 1 saturated carbocycles. The number of rotatable bonds is 3. The largest absolute Gasteiger partial charge is 0.362 e. The Morgan fingerprint density at radius 3 is 2.74 bits per heavy atom. The summed E-state index contributed by atoms with van der Waals surface area (Å²) in [5.74, 6) is 0.213. The monoisotopic (exact) mass is 258 g/mol. The lowest BCUT2D eigenvalue weighted by atomic mass is 9.97. The summed E-state index contributed by atoms with van der Waals surface area (Å²) in [6.07, 6.45) is 6.79. The van der Waals surface area contributed by atoms with Gasteiger partial charge in [0, 0.05) is 12.2 Å². The number of fused-ring (bicyclic) bond motifs is 1. The molecule has 1 spiro atoms. The smallest absolute Gasteiger partial charge is 0.257 e. The van der Waals surface area contributed by atoms with E-state index in [9.17, 15) is 4.79 Å². The molecule has 19 heavy (non-hydrogen) atoms. The van der Waals surface area contributed by atoms with Gasteiger partial charge in [0.15, 0.2) is 0 Å². The molecule has 1 aromatic rings. The van der Waals surface area contributed by atoms with Crippen molar-refractivity contribution in [1.29, 1.82) is 0 Å². The van der Waals surface area contributed by atoms with E-state index in [1.54, 1.807) is 0 Å². The van der Waals surface area contributed by atoms with Gasteiger partial charge in [0.05, 0.1) is 5.56 Å². The number of para-hydroxylation sites is 1. The van der Waals surface area contributed by atoms with Crippen molar-refractivity contribution >= 4 is 11.6 Å². The summed E-state index contributed by atoms with van der Waals surface area (Å²) in [6, 6.07) is 7.92. The first-order valence-electron chi connectivity index (χ1n) is 7.46. The molecule has 1 N–H and O–H groups in total. The number of carbonyl (C=O) groups excluding carboxylic acids is 1. The molecule has 3 nitrogen and oxygen atoms in total. The maximum absolute atomic E-state index is 12.8. The Bertz CT molecular complexity index is 477. The van der Waals surface area contributed by atoms with Crippen LogP contribution in [0.1, 0.15) is 55.8 Å². The Morgan fingerprint density at radius 1 is 1.26 bits per heavy atom. The Balaban J connectivity index is 1.98. The van der Waals surface area contributed by atoms with Crippen LogP contribution in [0.4, 0.5) is 5.69 Å². The molecule has 0 atom stereocenters. The van der Waals surface area contributed by atoms with E-state index in [-0.39, 0.29) is 11.6 Å². The van der Waals surface area contributed by atoms with Gasteiger partial charge in [0.25, 0.3) is 5.91 Å². The highest BCUT2D eigenvalue weighted by Crippen LogP contribution is 2.41. The van der Waals surface area contributed by atoms with E-state index in [0.29, 0.717) is 0 Å². The highest BCUT2D eigenvalue weighted by Gasteiger charge is 2.45. The second-order valence-electron chi connectivity index (χ2n) is 5.72. The van der Waals surface area contributed by atoms with Crippen LogP contribution in [-0.4, -0.2) is 23.0 Å². The third-order valence-corrected chi connectivity index (χ3v) is 4.45. The molecule has 0 bridgehead atoms. The number of nitrogens with zero attached hydrogens (tertiary/aromatic N) is 1. The quantitative estimate of drug-likeness (QED) is 0.898. The van der Waals surface area contributed by atoms with E-state index in [2.05, 4.69) is 17.1 Å². The SMILES string of the molecule is CCCCN1C(=O)c2ccccc2NC12CCCC2. The summed E-state index contributed by atoms with van der Waals surface area (Å²) >= 11 is 0. The van der Waals surface area contributed by atoms with E-state index in [1.165, 1.54) is 12.8 Å². The average Bonchev–Trinajstić information content (AvgIpc) is 2.88. The summed E-state index contributed by atoms with van der Waals surface area (Å²) in [6.45, 7) is 3.05. The van der Waals surface area contributed by atoms with Crippen LogP contribution in [0, 0.1) is 0 Å². The van der Waals surface area contributed by atoms with E-state index in [1.807, 2.05) is 24.3 Å². The zero-order valence-corrected chi connectivity index (χ0v) is 11.6. The van der Waals surface area contributed by atoms with Crippen LogP contribution in [0.5, 0.6) is 0 Å². The van der Waals surface area contributed by atoms with E-state index in [0.717, 1.165) is 43.5 Å². The van der Waals surface area contributed by atoms with Gasteiger partial charge in [0.2, 0.25) is 0 Å². The Kier molecular flexibility index (Phi) is 3.21. The van der Waals surface area contributed by atoms with Gasteiger partial charge in [-0.05, 0) is 44.2 Å². The summed E-state index contributed by atoms with van der Waals surface area (Å²) < 4.78 is 0. The fraction of sp³-hybridized carbons (Fsp3) is 0.562. The normalized spacial score (nSPS) is 20.5. The van der Waals surface area contributed by atoms with Crippen molar-refractivity contribution < 1.29 is 4.79 Å². The van der Waals surface area contributed by atoms with Crippen LogP contribution in [-0.2, 0) is 0 Å². The summed E-state index contributed by atoms with van der Waals surface area (Å²) in [7, 11) is 0. The zero-order valence-electron chi connectivity index (χ0n) is 11.6. The molecule has 0 aromatic heterocycles. The van der Waals surface area contributed by atoms with Gasteiger partial charge in [-0.25, -0.2) is 0 Å². The molecule has 0 saturated heterocycles. The molecule has 0 unspecified atom stereocenters. The van der Waals surface area contributed by atoms with E-state index < -0.39 is 0 Å². The number of anilines is 1. The number of benzene rings is 1. The number of amides is 1. The molecule has 1 aliphatic carbocycles. The molecule has 1 heterocycles. The molecule has 0 radical (unpaired) electrons. The first kappa shape index (κ1) is 12.5. The van der Waals surface area contributed by atoms with Crippen LogP contribution in [0.25, 0.3) is 0 Å². The minimum Gasteiger partial charge on any atom is -0.362 e. The Hall–Kier alpha value is -1.51. The standard InChI is InChI=1S/C16H22N2O/c1-2-3-12-18-15(19)13-8-4-5-9-14(13)17-16(18)10-6-7-11-16/h4-5,8-9,17H,2-3,6-7,10-12H2,1H3. The lowest BCUT2D eigenvalue weighted by Crippen LogP contribution is -2.58. The number of hydrogen-bond donors (Lipinski definition) is 1. The van der Waals surface area contributed by atoms with Gasteiger partial charge < -0.3 is 10.2 Å².